The van der Waals surface area contributed by atoms with Gasteiger partial charge in [0, 0.05) is 24.8 Å². The zero-order valence-corrected chi connectivity index (χ0v) is 13.4. The standard InChI is InChI=1S/C17H29N3/c1-5-8-18-12-15-10-14(4)19-17(11-15)20-9-6-7-16(20)13(2)3/h10-11,13,16,18H,5-9,12H2,1-4H3. The van der Waals surface area contributed by atoms with E-state index in [1.54, 1.807) is 0 Å². The third-order valence-corrected chi connectivity index (χ3v) is 4.12. The molecular formula is C17H29N3. The maximum atomic E-state index is 4.77. The summed E-state index contributed by atoms with van der Waals surface area (Å²) in [5.41, 5.74) is 2.49. The maximum absolute atomic E-state index is 4.77. The number of anilines is 1. The Morgan fingerprint density at radius 2 is 2.20 bits per heavy atom. The number of pyridine rings is 1. The van der Waals surface area contributed by atoms with Crippen LogP contribution < -0.4 is 10.2 Å². The summed E-state index contributed by atoms with van der Waals surface area (Å²) < 4.78 is 0. The minimum atomic E-state index is 0.653. The summed E-state index contributed by atoms with van der Waals surface area (Å²) in [5, 5.41) is 3.48. The fourth-order valence-corrected chi connectivity index (χ4v) is 3.15. The number of aryl methyl sites for hydroxylation is 1. The molecule has 1 aromatic rings. The lowest BCUT2D eigenvalue weighted by atomic mass is 10.0. The van der Waals surface area contributed by atoms with Gasteiger partial charge in [-0.25, -0.2) is 4.98 Å². The molecule has 0 aromatic carbocycles. The van der Waals surface area contributed by atoms with E-state index in [2.05, 4.69) is 50.0 Å². The highest BCUT2D eigenvalue weighted by molar-refractivity contribution is 5.45. The van der Waals surface area contributed by atoms with Gasteiger partial charge in [0.05, 0.1) is 0 Å². The molecule has 1 saturated heterocycles. The van der Waals surface area contributed by atoms with E-state index in [9.17, 15) is 0 Å². The van der Waals surface area contributed by atoms with Crippen LogP contribution in [-0.4, -0.2) is 24.1 Å². The molecule has 0 spiro atoms. The SMILES string of the molecule is CCCNCc1cc(C)nc(N2CCCC2C(C)C)c1. The van der Waals surface area contributed by atoms with Gasteiger partial charge in [-0.2, -0.15) is 0 Å². The summed E-state index contributed by atoms with van der Waals surface area (Å²) in [4.78, 5) is 7.29. The molecule has 3 nitrogen and oxygen atoms in total. The molecule has 1 atom stereocenters. The van der Waals surface area contributed by atoms with Gasteiger partial charge in [0.25, 0.3) is 0 Å². The van der Waals surface area contributed by atoms with E-state index >= 15 is 0 Å². The minimum absolute atomic E-state index is 0.653. The monoisotopic (exact) mass is 275 g/mol. The van der Waals surface area contributed by atoms with Crippen molar-refractivity contribution in [2.45, 2.75) is 59.5 Å². The van der Waals surface area contributed by atoms with Crippen LogP contribution in [0.25, 0.3) is 0 Å². The molecule has 1 aliphatic heterocycles. The Labute approximate surface area is 123 Å². The molecule has 0 radical (unpaired) electrons. The highest BCUT2D eigenvalue weighted by atomic mass is 15.2. The fourth-order valence-electron chi connectivity index (χ4n) is 3.15. The summed E-state index contributed by atoms with van der Waals surface area (Å²) in [6, 6.07) is 5.13. The molecule has 1 aromatic heterocycles. The van der Waals surface area contributed by atoms with Gasteiger partial charge in [-0.1, -0.05) is 20.8 Å². The van der Waals surface area contributed by atoms with Gasteiger partial charge < -0.3 is 10.2 Å². The van der Waals surface area contributed by atoms with Crippen molar-refractivity contribution in [1.29, 1.82) is 0 Å². The van der Waals surface area contributed by atoms with Crippen molar-refractivity contribution >= 4 is 5.82 Å². The van der Waals surface area contributed by atoms with Crippen molar-refractivity contribution in [2.24, 2.45) is 5.92 Å². The first kappa shape index (κ1) is 15.3. The van der Waals surface area contributed by atoms with Crippen molar-refractivity contribution in [2.75, 3.05) is 18.0 Å². The van der Waals surface area contributed by atoms with Gasteiger partial charge in [-0.3, -0.25) is 0 Å². The second kappa shape index (κ2) is 7.07. The molecule has 0 bridgehead atoms. The lowest BCUT2D eigenvalue weighted by Gasteiger charge is -2.29. The Kier molecular flexibility index (Phi) is 5.41. The maximum Gasteiger partial charge on any atom is 0.129 e. The van der Waals surface area contributed by atoms with Gasteiger partial charge in [0.1, 0.15) is 5.82 Å². The zero-order chi connectivity index (χ0) is 14.5. The van der Waals surface area contributed by atoms with E-state index in [1.165, 1.54) is 30.6 Å². The van der Waals surface area contributed by atoms with E-state index in [-0.39, 0.29) is 0 Å². The average Bonchev–Trinajstić information content (AvgIpc) is 2.87. The molecule has 1 unspecified atom stereocenters. The third-order valence-electron chi connectivity index (χ3n) is 4.12. The Morgan fingerprint density at radius 3 is 2.90 bits per heavy atom. The van der Waals surface area contributed by atoms with Crippen LogP contribution in [0.5, 0.6) is 0 Å². The van der Waals surface area contributed by atoms with Crippen LogP contribution in [0, 0.1) is 12.8 Å². The second-order valence-electron chi connectivity index (χ2n) is 6.30. The smallest absolute Gasteiger partial charge is 0.129 e. The van der Waals surface area contributed by atoms with Crippen molar-refractivity contribution < 1.29 is 0 Å². The lowest BCUT2D eigenvalue weighted by molar-refractivity contribution is 0.489. The Balaban J connectivity index is 2.14. The van der Waals surface area contributed by atoms with Crippen LogP contribution in [0.3, 0.4) is 0 Å². The molecule has 2 heterocycles. The molecule has 1 N–H and O–H groups in total. The first-order valence-corrected chi connectivity index (χ1v) is 8.06. The Bertz CT molecular complexity index is 428. The van der Waals surface area contributed by atoms with Crippen molar-refractivity contribution in [3.8, 4) is 0 Å². The number of nitrogens with one attached hydrogen (secondary N) is 1. The Morgan fingerprint density at radius 1 is 1.40 bits per heavy atom. The summed E-state index contributed by atoms with van der Waals surface area (Å²) in [6.07, 6.45) is 3.77. The second-order valence-corrected chi connectivity index (χ2v) is 6.30. The fraction of sp³-hybridized carbons (Fsp3) is 0.706. The predicted octanol–water partition coefficient (Wildman–Crippen LogP) is 3.51. The van der Waals surface area contributed by atoms with E-state index < -0.39 is 0 Å². The molecule has 2 rings (SSSR count). The first-order valence-electron chi connectivity index (χ1n) is 8.06. The average molecular weight is 275 g/mol. The Hall–Kier alpha value is -1.09. The van der Waals surface area contributed by atoms with Crippen LogP contribution in [0.15, 0.2) is 12.1 Å². The third kappa shape index (κ3) is 3.72. The molecule has 0 saturated carbocycles. The molecular weight excluding hydrogens is 246 g/mol. The van der Waals surface area contributed by atoms with E-state index in [1.807, 2.05) is 0 Å². The lowest BCUT2D eigenvalue weighted by Crippen LogP contribution is -2.34. The normalized spacial score (nSPS) is 19.1. The molecule has 1 aliphatic rings. The highest BCUT2D eigenvalue weighted by Gasteiger charge is 2.28. The van der Waals surface area contributed by atoms with Crippen LogP contribution in [0.1, 0.15) is 51.3 Å². The molecule has 3 heteroatoms. The van der Waals surface area contributed by atoms with E-state index in [0.29, 0.717) is 12.0 Å². The number of aromatic nitrogens is 1. The van der Waals surface area contributed by atoms with Crippen LogP contribution in [-0.2, 0) is 6.54 Å². The van der Waals surface area contributed by atoms with Crippen LogP contribution in [0.2, 0.25) is 0 Å². The summed E-state index contributed by atoms with van der Waals surface area (Å²) in [6.45, 7) is 12.1. The highest BCUT2D eigenvalue weighted by Crippen LogP contribution is 2.29. The molecule has 112 valence electrons. The molecule has 1 fully saturated rings. The van der Waals surface area contributed by atoms with Crippen molar-refractivity contribution in [1.82, 2.24) is 10.3 Å². The van der Waals surface area contributed by atoms with Gasteiger partial charge in [-0.05, 0) is 56.3 Å². The number of hydrogen-bond donors (Lipinski definition) is 1. The minimum Gasteiger partial charge on any atom is -0.353 e. The van der Waals surface area contributed by atoms with E-state index in [4.69, 9.17) is 4.98 Å². The van der Waals surface area contributed by atoms with Gasteiger partial charge in [0.15, 0.2) is 0 Å². The topological polar surface area (TPSA) is 28.2 Å². The van der Waals surface area contributed by atoms with Crippen LogP contribution >= 0.6 is 0 Å². The van der Waals surface area contributed by atoms with Gasteiger partial charge in [0.2, 0.25) is 0 Å². The predicted molar refractivity (Wildman–Crippen MR) is 86.2 cm³/mol. The van der Waals surface area contributed by atoms with Crippen molar-refractivity contribution in [3.05, 3.63) is 23.4 Å². The van der Waals surface area contributed by atoms with Gasteiger partial charge >= 0.3 is 0 Å². The van der Waals surface area contributed by atoms with Crippen LogP contribution in [0.4, 0.5) is 5.82 Å². The van der Waals surface area contributed by atoms with Gasteiger partial charge in [-0.15, -0.1) is 0 Å². The number of hydrogen-bond acceptors (Lipinski definition) is 3. The first-order chi connectivity index (χ1) is 9.61. The zero-order valence-electron chi connectivity index (χ0n) is 13.4. The quantitative estimate of drug-likeness (QED) is 0.805. The molecule has 0 aliphatic carbocycles. The summed E-state index contributed by atoms with van der Waals surface area (Å²) in [5.74, 6) is 1.87. The summed E-state index contributed by atoms with van der Waals surface area (Å²) >= 11 is 0. The van der Waals surface area contributed by atoms with Crippen molar-refractivity contribution in [3.63, 3.8) is 0 Å². The molecule has 0 amide bonds. The number of nitrogens with zero attached hydrogens (tertiary/aromatic N) is 2. The van der Waals surface area contributed by atoms with E-state index in [0.717, 1.165) is 25.3 Å². The molecule has 20 heavy (non-hydrogen) atoms. The number of rotatable bonds is 6. The largest absolute Gasteiger partial charge is 0.353 e. The summed E-state index contributed by atoms with van der Waals surface area (Å²) in [7, 11) is 0.